The van der Waals surface area contributed by atoms with Crippen molar-refractivity contribution < 1.29 is 34.2 Å². The van der Waals surface area contributed by atoms with Gasteiger partial charge in [0.25, 0.3) is 0 Å². The second-order valence-electron chi connectivity index (χ2n) is 8.88. The predicted molar refractivity (Wildman–Crippen MR) is 125 cm³/mol. The van der Waals surface area contributed by atoms with Crippen LogP contribution in [0.25, 0.3) is 0 Å². The van der Waals surface area contributed by atoms with Crippen LogP contribution in [0.4, 0.5) is 0 Å². The Kier molecular flexibility index (Phi) is 10.0. The van der Waals surface area contributed by atoms with Crippen LogP contribution in [0.5, 0.6) is 5.75 Å². The highest BCUT2D eigenvalue weighted by molar-refractivity contribution is 5.95. The lowest BCUT2D eigenvalue weighted by Crippen LogP contribution is -2.59. The average molecular weight is 492 g/mol. The molecule has 1 aromatic rings. The number of phenols is 1. The van der Waals surface area contributed by atoms with Gasteiger partial charge in [-0.05, 0) is 43.0 Å². The summed E-state index contributed by atoms with van der Waals surface area (Å²) in [5.41, 5.74) is 5.73. The first-order valence-electron chi connectivity index (χ1n) is 11.4. The molecule has 2 rings (SSSR count). The molecular weight excluding hydrogens is 458 g/mol. The first-order valence-corrected chi connectivity index (χ1v) is 11.4. The Hall–Kier alpha value is -3.67. The summed E-state index contributed by atoms with van der Waals surface area (Å²) in [6.07, 6.45) is 0.954. The summed E-state index contributed by atoms with van der Waals surface area (Å²) in [5.74, 6) is -4.51. The molecule has 1 fully saturated rings. The highest BCUT2D eigenvalue weighted by Crippen LogP contribution is 2.13. The van der Waals surface area contributed by atoms with Crippen LogP contribution in [-0.2, 0) is 30.4 Å². The lowest BCUT2D eigenvalue weighted by molar-refractivity contribution is -0.144. The second kappa shape index (κ2) is 12.7. The number of carboxylic acids is 1. The molecule has 192 valence electrons. The molecule has 12 heteroatoms. The van der Waals surface area contributed by atoms with Crippen LogP contribution in [0.3, 0.4) is 0 Å². The Labute approximate surface area is 203 Å². The third kappa shape index (κ3) is 8.56. The van der Waals surface area contributed by atoms with E-state index in [4.69, 9.17) is 5.73 Å². The zero-order chi connectivity index (χ0) is 26.1. The van der Waals surface area contributed by atoms with Gasteiger partial charge in [-0.25, -0.2) is 4.79 Å². The summed E-state index contributed by atoms with van der Waals surface area (Å²) in [6.45, 7) is 4.01. The van der Waals surface area contributed by atoms with Crippen molar-refractivity contribution in [1.82, 2.24) is 21.3 Å². The fourth-order valence-corrected chi connectivity index (χ4v) is 3.71. The lowest BCUT2D eigenvalue weighted by atomic mass is 10.00. The first-order chi connectivity index (χ1) is 16.5. The number of carboxylic acid groups (broad SMARTS) is 1. The van der Waals surface area contributed by atoms with Gasteiger partial charge in [-0.2, -0.15) is 0 Å². The minimum atomic E-state index is -1.54. The Bertz CT molecular complexity index is 929. The number of phenolic OH excluding ortho intramolecular Hbond substituents is 1. The third-order valence-corrected chi connectivity index (χ3v) is 5.65. The molecule has 12 nitrogen and oxygen atoms in total. The minimum Gasteiger partial charge on any atom is -0.508 e. The molecule has 1 heterocycles. The van der Waals surface area contributed by atoms with E-state index in [1.165, 1.54) is 12.1 Å². The molecule has 1 saturated heterocycles. The highest BCUT2D eigenvalue weighted by atomic mass is 16.4. The molecule has 0 spiro atoms. The zero-order valence-electron chi connectivity index (χ0n) is 19.7. The minimum absolute atomic E-state index is 0.0504. The summed E-state index contributed by atoms with van der Waals surface area (Å²) in [4.78, 5) is 61.3. The molecule has 35 heavy (non-hydrogen) atoms. The number of primary amides is 1. The molecule has 4 atom stereocenters. The summed E-state index contributed by atoms with van der Waals surface area (Å²) in [6, 6.07) is 2.00. The SMILES string of the molecule is CC(C)C(NC(=O)C(Cc1ccc(O)cc1)NC(=O)C1CCCN1)C(=O)NC(CC(N)=O)C(=O)O. The highest BCUT2D eigenvalue weighted by Gasteiger charge is 2.33. The lowest BCUT2D eigenvalue weighted by Gasteiger charge is -2.27. The number of aromatic hydroxyl groups is 1. The van der Waals surface area contributed by atoms with Crippen molar-refractivity contribution in [2.24, 2.45) is 11.7 Å². The molecule has 0 radical (unpaired) electrons. The Balaban J connectivity index is 2.18. The van der Waals surface area contributed by atoms with Gasteiger partial charge in [0.05, 0.1) is 12.5 Å². The van der Waals surface area contributed by atoms with Crippen molar-refractivity contribution in [3.05, 3.63) is 29.8 Å². The van der Waals surface area contributed by atoms with Gasteiger partial charge in [0.1, 0.15) is 23.9 Å². The van der Waals surface area contributed by atoms with Crippen LogP contribution in [0, 0.1) is 5.92 Å². The van der Waals surface area contributed by atoms with Gasteiger partial charge in [-0.3, -0.25) is 19.2 Å². The number of aliphatic carboxylic acids is 1. The van der Waals surface area contributed by atoms with E-state index in [-0.39, 0.29) is 18.1 Å². The number of rotatable bonds is 12. The fraction of sp³-hybridized carbons (Fsp3) is 0.522. The van der Waals surface area contributed by atoms with Crippen molar-refractivity contribution in [2.45, 2.75) is 63.7 Å². The third-order valence-electron chi connectivity index (χ3n) is 5.65. The maximum atomic E-state index is 13.2. The van der Waals surface area contributed by atoms with Crippen LogP contribution in [0.2, 0.25) is 0 Å². The van der Waals surface area contributed by atoms with Crippen LogP contribution in [0.1, 0.15) is 38.7 Å². The average Bonchev–Trinajstić information content (AvgIpc) is 3.32. The van der Waals surface area contributed by atoms with Crippen LogP contribution in [-0.4, -0.2) is 70.5 Å². The van der Waals surface area contributed by atoms with E-state index in [2.05, 4.69) is 21.3 Å². The van der Waals surface area contributed by atoms with E-state index >= 15 is 0 Å². The molecule has 1 aromatic carbocycles. The number of hydrogen-bond acceptors (Lipinski definition) is 7. The molecule has 0 aromatic heterocycles. The fourth-order valence-electron chi connectivity index (χ4n) is 3.71. The molecule has 1 aliphatic rings. The van der Waals surface area contributed by atoms with Crippen molar-refractivity contribution in [3.63, 3.8) is 0 Å². The van der Waals surface area contributed by atoms with E-state index in [1.54, 1.807) is 26.0 Å². The number of nitrogens with one attached hydrogen (secondary N) is 4. The van der Waals surface area contributed by atoms with E-state index in [0.717, 1.165) is 6.42 Å². The Morgan fingerprint density at radius 2 is 1.69 bits per heavy atom. The first kappa shape index (κ1) is 27.6. The number of hydrogen-bond donors (Lipinski definition) is 7. The molecule has 0 saturated carbocycles. The van der Waals surface area contributed by atoms with Gasteiger partial charge in [0.15, 0.2) is 0 Å². The topological polar surface area (TPSA) is 200 Å². The van der Waals surface area contributed by atoms with Gasteiger partial charge < -0.3 is 37.2 Å². The quantitative estimate of drug-likeness (QED) is 0.188. The Morgan fingerprint density at radius 1 is 1.03 bits per heavy atom. The van der Waals surface area contributed by atoms with E-state index in [0.29, 0.717) is 18.5 Å². The number of benzene rings is 1. The normalized spacial score (nSPS) is 17.7. The molecule has 0 aliphatic carbocycles. The standard InChI is InChI=1S/C23H33N5O7/c1-12(2)19(22(33)27-17(23(34)35)11-18(24)30)28-21(32)16(10-13-5-7-14(29)8-6-13)26-20(31)15-4-3-9-25-15/h5-8,12,15-17,19,25,29H,3-4,9-11H2,1-2H3,(H2,24,30)(H,26,31)(H,27,33)(H,28,32)(H,34,35). The molecule has 0 bridgehead atoms. The smallest absolute Gasteiger partial charge is 0.326 e. The molecule has 8 N–H and O–H groups in total. The van der Waals surface area contributed by atoms with E-state index in [1.807, 2.05) is 0 Å². The maximum absolute atomic E-state index is 13.2. The van der Waals surface area contributed by atoms with Gasteiger partial charge in [0, 0.05) is 6.42 Å². The summed E-state index contributed by atoms with van der Waals surface area (Å²) >= 11 is 0. The van der Waals surface area contributed by atoms with Crippen molar-refractivity contribution >= 4 is 29.6 Å². The van der Waals surface area contributed by atoms with Crippen molar-refractivity contribution in [1.29, 1.82) is 0 Å². The van der Waals surface area contributed by atoms with Crippen LogP contribution in [0.15, 0.2) is 24.3 Å². The Morgan fingerprint density at radius 3 is 2.20 bits per heavy atom. The summed E-state index contributed by atoms with van der Waals surface area (Å²) < 4.78 is 0. The largest absolute Gasteiger partial charge is 0.508 e. The number of amides is 4. The second-order valence-corrected chi connectivity index (χ2v) is 8.88. The monoisotopic (exact) mass is 491 g/mol. The van der Waals surface area contributed by atoms with Crippen LogP contribution < -0.4 is 27.0 Å². The maximum Gasteiger partial charge on any atom is 0.326 e. The van der Waals surface area contributed by atoms with E-state index in [9.17, 15) is 34.2 Å². The molecular formula is C23H33N5O7. The van der Waals surface area contributed by atoms with Gasteiger partial charge >= 0.3 is 5.97 Å². The van der Waals surface area contributed by atoms with Crippen molar-refractivity contribution in [2.75, 3.05) is 6.54 Å². The van der Waals surface area contributed by atoms with Gasteiger partial charge in [-0.1, -0.05) is 26.0 Å². The number of nitrogens with two attached hydrogens (primary N) is 1. The van der Waals surface area contributed by atoms with Crippen LogP contribution >= 0.6 is 0 Å². The zero-order valence-corrected chi connectivity index (χ0v) is 19.7. The number of carbonyl (C=O) groups is 5. The predicted octanol–water partition coefficient (Wildman–Crippen LogP) is -1.24. The van der Waals surface area contributed by atoms with E-state index < -0.39 is 60.2 Å². The van der Waals surface area contributed by atoms with Crippen molar-refractivity contribution in [3.8, 4) is 5.75 Å². The molecule has 4 unspecified atom stereocenters. The molecule has 4 amide bonds. The summed E-state index contributed by atoms with van der Waals surface area (Å²) in [7, 11) is 0. The van der Waals surface area contributed by atoms with Gasteiger partial charge in [0.2, 0.25) is 23.6 Å². The number of carbonyl (C=O) groups excluding carboxylic acids is 4. The summed E-state index contributed by atoms with van der Waals surface area (Å²) in [5, 5.41) is 29.4. The van der Waals surface area contributed by atoms with Gasteiger partial charge in [-0.15, -0.1) is 0 Å². The molecule has 1 aliphatic heterocycles.